The first-order valence-corrected chi connectivity index (χ1v) is 14.3. The van der Waals surface area contributed by atoms with Crippen LogP contribution in [0.3, 0.4) is 0 Å². The highest BCUT2D eigenvalue weighted by atomic mass is 16.8. The predicted molar refractivity (Wildman–Crippen MR) is 154 cm³/mol. The van der Waals surface area contributed by atoms with Crippen LogP contribution in [0.15, 0.2) is 18.2 Å². The molecule has 0 saturated heterocycles. The number of aliphatic carboxylic acids is 1. The van der Waals surface area contributed by atoms with E-state index in [-0.39, 0.29) is 29.7 Å². The second-order valence-electron chi connectivity index (χ2n) is 11.2. The van der Waals surface area contributed by atoms with Gasteiger partial charge in [-0.15, -0.1) is 0 Å². The molecule has 2 N–H and O–H groups in total. The molecule has 0 amide bonds. The van der Waals surface area contributed by atoms with E-state index in [9.17, 15) is 24.3 Å². The summed E-state index contributed by atoms with van der Waals surface area (Å²) in [6.07, 6.45) is -0.747. The predicted octanol–water partition coefficient (Wildman–Crippen LogP) is 6.76. The minimum Gasteiger partial charge on any atom is -0.477 e. The van der Waals surface area contributed by atoms with Crippen molar-refractivity contribution in [2.75, 3.05) is 6.61 Å². The Balaban J connectivity index is 3.49. The van der Waals surface area contributed by atoms with Gasteiger partial charge in [0.2, 0.25) is 0 Å². The lowest BCUT2D eigenvalue weighted by atomic mass is 10.00. The van der Waals surface area contributed by atoms with Gasteiger partial charge in [-0.1, -0.05) is 40.2 Å². The van der Waals surface area contributed by atoms with Gasteiger partial charge in [-0.25, -0.2) is 19.2 Å². The summed E-state index contributed by atoms with van der Waals surface area (Å²) in [6.45, 7) is 16.0. The molecule has 0 aliphatic rings. The zero-order valence-corrected chi connectivity index (χ0v) is 26.3. The van der Waals surface area contributed by atoms with Crippen LogP contribution in [0.4, 0.5) is 14.4 Å². The second-order valence-corrected chi connectivity index (χ2v) is 11.2. The van der Waals surface area contributed by atoms with E-state index in [0.717, 1.165) is 6.42 Å². The Bertz CT molecular complexity index is 1070. The summed E-state index contributed by atoms with van der Waals surface area (Å²) in [6, 6.07) is 3.70. The summed E-state index contributed by atoms with van der Waals surface area (Å²) in [7, 11) is 0. The lowest BCUT2D eigenvalue weighted by Crippen LogP contribution is -2.59. The van der Waals surface area contributed by atoms with E-state index >= 15 is 0 Å². The number of carboxylic acid groups (broad SMARTS) is 1. The number of benzene rings is 1. The molecule has 0 aromatic heterocycles. The van der Waals surface area contributed by atoms with E-state index in [1.165, 1.54) is 18.2 Å². The molecular weight excluding hydrogens is 550 g/mol. The molecule has 0 heterocycles. The first-order valence-electron chi connectivity index (χ1n) is 14.3. The molecular formula is C30H47NO11. The third kappa shape index (κ3) is 12.1. The Hall–Kier alpha value is -3.54. The van der Waals surface area contributed by atoms with Crippen LogP contribution in [0.5, 0.6) is 11.5 Å². The topological polar surface area (TPSA) is 156 Å². The average molecular weight is 598 g/mol. The van der Waals surface area contributed by atoms with Gasteiger partial charge in [-0.05, 0) is 78.0 Å². The van der Waals surface area contributed by atoms with Gasteiger partial charge in [0.05, 0.1) is 6.61 Å². The van der Waals surface area contributed by atoms with Crippen LogP contribution in [0.25, 0.3) is 0 Å². The number of nitrogens with one attached hydrogen (secondary N) is 1. The molecule has 0 saturated carbocycles. The van der Waals surface area contributed by atoms with Crippen molar-refractivity contribution < 1.29 is 52.7 Å². The van der Waals surface area contributed by atoms with Crippen LogP contribution in [-0.4, -0.2) is 59.1 Å². The molecule has 12 nitrogen and oxygen atoms in total. The highest BCUT2D eigenvalue weighted by Crippen LogP contribution is 2.32. The van der Waals surface area contributed by atoms with Crippen molar-refractivity contribution in [2.24, 2.45) is 0 Å². The molecule has 1 unspecified atom stereocenters. The number of carboxylic acids is 1. The van der Waals surface area contributed by atoms with E-state index in [1.54, 1.807) is 34.6 Å². The number of hydrogen-bond acceptors (Lipinski definition) is 11. The van der Waals surface area contributed by atoms with Crippen LogP contribution in [0.2, 0.25) is 0 Å². The Kier molecular flexibility index (Phi) is 14.1. The quantitative estimate of drug-likeness (QED) is 0.0679. The molecule has 1 aromatic carbocycles. The van der Waals surface area contributed by atoms with Crippen molar-refractivity contribution >= 4 is 24.4 Å². The monoisotopic (exact) mass is 597 g/mol. The highest BCUT2D eigenvalue weighted by molar-refractivity contribution is 5.80. The Labute approximate surface area is 248 Å². The summed E-state index contributed by atoms with van der Waals surface area (Å²) in [5.41, 5.74) is -3.62. The van der Waals surface area contributed by atoms with Crippen molar-refractivity contribution in [1.29, 1.82) is 0 Å². The van der Waals surface area contributed by atoms with E-state index < -0.39 is 47.8 Å². The SMILES string of the molecule is CCCCOC(=O)O[C@](Cc1ccc(OC(=O)OC(C)(C)CC)c(OC(=O)OC(C)(C)CC)c1)(NC(C)CC)C(=O)O. The zero-order valence-electron chi connectivity index (χ0n) is 26.3. The minimum absolute atomic E-state index is 0.0690. The number of ether oxygens (including phenoxy) is 6. The molecule has 0 spiro atoms. The third-order valence-corrected chi connectivity index (χ3v) is 6.68. The van der Waals surface area contributed by atoms with Gasteiger partial charge in [-0.3, -0.25) is 5.32 Å². The van der Waals surface area contributed by atoms with Crippen molar-refractivity contribution in [2.45, 2.75) is 124 Å². The van der Waals surface area contributed by atoms with Crippen LogP contribution in [-0.2, 0) is 30.2 Å². The fourth-order valence-electron chi connectivity index (χ4n) is 3.20. The van der Waals surface area contributed by atoms with Crippen molar-refractivity contribution in [3.8, 4) is 11.5 Å². The fourth-order valence-corrected chi connectivity index (χ4v) is 3.20. The maximum absolute atomic E-state index is 12.7. The molecule has 12 heteroatoms. The summed E-state index contributed by atoms with van der Waals surface area (Å²) < 4.78 is 31.9. The molecule has 0 fully saturated rings. The van der Waals surface area contributed by atoms with E-state index in [0.29, 0.717) is 25.7 Å². The normalized spacial score (nSPS) is 13.7. The van der Waals surface area contributed by atoms with E-state index in [2.05, 4.69) is 5.32 Å². The molecule has 1 rings (SSSR count). The summed E-state index contributed by atoms with van der Waals surface area (Å²) in [5, 5.41) is 13.1. The molecule has 0 aliphatic heterocycles. The summed E-state index contributed by atoms with van der Waals surface area (Å²) >= 11 is 0. The average Bonchev–Trinajstić information content (AvgIpc) is 2.89. The highest BCUT2D eigenvalue weighted by Gasteiger charge is 2.45. The second kappa shape index (κ2) is 16.2. The zero-order chi connectivity index (χ0) is 32.1. The van der Waals surface area contributed by atoms with Crippen molar-refractivity contribution in [3.63, 3.8) is 0 Å². The standard InChI is InChI=1S/C30H47NO11/c1-10-14-17-37-25(34)42-30(24(32)33,31-20(5)11-2)19-21-15-16-22(38-26(35)40-28(6,7)12-3)23(18-21)39-27(36)41-29(8,9)13-4/h15-16,18,20,31H,10-14,17,19H2,1-9H3,(H,32,33)/t20?,30-/m0/s1. The molecule has 0 aliphatic carbocycles. The van der Waals surface area contributed by atoms with Gasteiger partial charge in [0.25, 0.3) is 5.72 Å². The first kappa shape index (κ1) is 36.5. The molecule has 2 atom stereocenters. The Morgan fingerprint density at radius 3 is 1.86 bits per heavy atom. The molecule has 238 valence electrons. The van der Waals surface area contributed by atoms with E-state index in [4.69, 9.17) is 28.4 Å². The minimum atomic E-state index is -2.23. The number of hydrogen-bond donors (Lipinski definition) is 2. The lowest BCUT2D eigenvalue weighted by Gasteiger charge is -2.32. The van der Waals surface area contributed by atoms with Gasteiger partial charge in [0, 0.05) is 12.5 Å². The number of carbonyl (C=O) groups is 4. The maximum atomic E-state index is 12.7. The fraction of sp³-hybridized carbons (Fsp3) is 0.667. The number of rotatable bonds is 16. The Morgan fingerprint density at radius 1 is 0.833 bits per heavy atom. The van der Waals surface area contributed by atoms with Crippen LogP contribution < -0.4 is 14.8 Å². The Morgan fingerprint density at radius 2 is 1.38 bits per heavy atom. The van der Waals surface area contributed by atoms with E-state index in [1.807, 2.05) is 27.7 Å². The molecule has 1 aromatic rings. The lowest BCUT2D eigenvalue weighted by molar-refractivity contribution is -0.167. The smallest absolute Gasteiger partial charge is 0.477 e. The van der Waals surface area contributed by atoms with Crippen molar-refractivity contribution in [1.82, 2.24) is 5.32 Å². The van der Waals surface area contributed by atoms with Crippen molar-refractivity contribution in [3.05, 3.63) is 23.8 Å². The van der Waals surface area contributed by atoms with Crippen LogP contribution in [0.1, 0.15) is 100.0 Å². The van der Waals surface area contributed by atoms with Gasteiger partial charge >= 0.3 is 24.4 Å². The molecule has 42 heavy (non-hydrogen) atoms. The summed E-state index contributed by atoms with van der Waals surface area (Å²) in [5.74, 6) is -1.87. The first-order chi connectivity index (χ1) is 19.5. The maximum Gasteiger partial charge on any atom is 0.514 e. The molecule has 0 radical (unpaired) electrons. The largest absolute Gasteiger partial charge is 0.514 e. The van der Waals surface area contributed by atoms with Crippen LogP contribution in [0, 0.1) is 0 Å². The van der Waals surface area contributed by atoms with Gasteiger partial charge in [-0.2, -0.15) is 0 Å². The number of carbonyl (C=O) groups excluding carboxylic acids is 3. The van der Waals surface area contributed by atoms with Crippen LogP contribution >= 0.6 is 0 Å². The summed E-state index contributed by atoms with van der Waals surface area (Å²) in [4.78, 5) is 50.2. The van der Waals surface area contributed by atoms with Gasteiger partial charge in [0.15, 0.2) is 11.5 Å². The molecule has 0 bridgehead atoms. The number of unbranched alkanes of at least 4 members (excludes halogenated alkanes) is 1. The third-order valence-electron chi connectivity index (χ3n) is 6.68. The van der Waals surface area contributed by atoms with Gasteiger partial charge in [0.1, 0.15) is 11.2 Å². The van der Waals surface area contributed by atoms with Gasteiger partial charge < -0.3 is 33.5 Å².